The molecule has 0 bridgehead atoms. The monoisotopic (exact) mass is 177 g/mol. The van der Waals surface area contributed by atoms with Crippen LogP contribution in [0.4, 0.5) is 0 Å². The zero-order valence-corrected chi connectivity index (χ0v) is 7.44. The molecule has 0 amide bonds. The molecular weight excluding hydrogens is 166 g/mol. The molecular formula is C6H12ClN3O. The van der Waals surface area contributed by atoms with Gasteiger partial charge in [-0.05, 0) is 7.05 Å². The van der Waals surface area contributed by atoms with Gasteiger partial charge in [0.25, 0.3) is 0 Å². The van der Waals surface area contributed by atoms with Crippen LogP contribution >= 0.6 is 12.4 Å². The third kappa shape index (κ3) is 3.34. The highest BCUT2D eigenvalue weighted by Gasteiger charge is 1.98. The second-order valence-electron chi connectivity index (χ2n) is 2.08. The lowest BCUT2D eigenvalue weighted by Gasteiger charge is -1.89. The molecule has 0 aromatic carbocycles. The van der Waals surface area contributed by atoms with E-state index in [2.05, 4.69) is 15.5 Å². The van der Waals surface area contributed by atoms with E-state index in [0.717, 1.165) is 18.8 Å². The van der Waals surface area contributed by atoms with Gasteiger partial charge in [0, 0.05) is 19.9 Å². The molecule has 0 fully saturated rings. The maximum Gasteiger partial charge on any atom is 0.223 e. The smallest absolute Gasteiger partial charge is 0.223 e. The van der Waals surface area contributed by atoms with Crippen molar-refractivity contribution in [1.29, 1.82) is 0 Å². The van der Waals surface area contributed by atoms with Crippen LogP contribution in [0.3, 0.4) is 0 Å². The fourth-order valence-corrected chi connectivity index (χ4v) is 0.680. The number of nitrogens with one attached hydrogen (secondary N) is 1. The maximum absolute atomic E-state index is 4.77. The minimum Gasteiger partial charge on any atom is -0.340 e. The van der Waals surface area contributed by atoms with E-state index in [4.69, 9.17) is 4.52 Å². The Bertz CT molecular complexity index is 201. The van der Waals surface area contributed by atoms with Crippen molar-refractivity contribution >= 4 is 12.4 Å². The molecule has 1 aromatic rings. The SMILES string of the molecule is CNCCc1noc(C)n1.Cl. The van der Waals surface area contributed by atoms with Crippen LogP contribution in [0, 0.1) is 6.92 Å². The number of nitrogens with zero attached hydrogens (tertiary/aromatic N) is 2. The second-order valence-corrected chi connectivity index (χ2v) is 2.08. The summed E-state index contributed by atoms with van der Waals surface area (Å²) >= 11 is 0. The van der Waals surface area contributed by atoms with Crippen molar-refractivity contribution in [3.05, 3.63) is 11.7 Å². The number of aromatic nitrogens is 2. The first-order valence-electron chi connectivity index (χ1n) is 3.26. The topological polar surface area (TPSA) is 51.0 Å². The van der Waals surface area contributed by atoms with Gasteiger partial charge in [0.2, 0.25) is 5.89 Å². The summed E-state index contributed by atoms with van der Waals surface area (Å²) in [7, 11) is 1.90. The number of halogens is 1. The van der Waals surface area contributed by atoms with Gasteiger partial charge in [0.15, 0.2) is 5.82 Å². The molecule has 64 valence electrons. The van der Waals surface area contributed by atoms with Crippen molar-refractivity contribution in [2.75, 3.05) is 13.6 Å². The highest BCUT2D eigenvalue weighted by Crippen LogP contribution is 1.93. The minimum absolute atomic E-state index is 0. The van der Waals surface area contributed by atoms with Crippen LogP contribution in [0.15, 0.2) is 4.52 Å². The van der Waals surface area contributed by atoms with Gasteiger partial charge in [0.1, 0.15) is 0 Å². The molecule has 1 N–H and O–H groups in total. The van der Waals surface area contributed by atoms with Crippen LogP contribution in [0.1, 0.15) is 11.7 Å². The highest BCUT2D eigenvalue weighted by atomic mass is 35.5. The van der Waals surface area contributed by atoms with Gasteiger partial charge >= 0.3 is 0 Å². The van der Waals surface area contributed by atoms with E-state index in [1.54, 1.807) is 6.92 Å². The van der Waals surface area contributed by atoms with Crippen LogP contribution in [0.5, 0.6) is 0 Å². The molecule has 0 aliphatic rings. The Morgan fingerprint density at radius 2 is 2.27 bits per heavy atom. The van der Waals surface area contributed by atoms with Crippen LogP contribution in [-0.2, 0) is 6.42 Å². The van der Waals surface area contributed by atoms with E-state index in [0.29, 0.717) is 5.89 Å². The second kappa shape index (κ2) is 5.09. The van der Waals surface area contributed by atoms with Gasteiger partial charge in [-0.25, -0.2) is 0 Å². The molecule has 1 heterocycles. The van der Waals surface area contributed by atoms with Crippen molar-refractivity contribution in [3.63, 3.8) is 0 Å². The molecule has 0 radical (unpaired) electrons. The number of likely N-dealkylation sites (N-methyl/N-ethyl adjacent to an activating group) is 1. The molecule has 11 heavy (non-hydrogen) atoms. The van der Waals surface area contributed by atoms with Crippen LogP contribution < -0.4 is 5.32 Å². The van der Waals surface area contributed by atoms with E-state index in [9.17, 15) is 0 Å². The molecule has 1 aromatic heterocycles. The third-order valence-electron chi connectivity index (χ3n) is 1.17. The van der Waals surface area contributed by atoms with E-state index in [1.807, 2.05) is 7.05 Å². The first-order chi connectivity index (χ1) is 4.83. The fraction of sp³-hybridized carbons (Fsp3) is 0.667. The van der Waals surface area contributed by atoms with Crippen molar-refractivity contribution in [2.45, 2.75) is 13.3 Å². The molecule has 0 aliphatic heterocycles. The van der Waals surface area contributed by atoms with Crippen molar-refractivity contribution in [1.82, 2.24) is 15.5 Å². The predicted octanol–water partition coefficient (Wildman–Crippen LogP) is 0.562. The summed E-state index contributed by atoms with van der Waals surface area (Å²) in [4.78, 5) is 4.03. The number of hydrogen-bond donors (Lipinski definition) is 1. The quantitative estimate of drug-likeness (QED) is 0.733. The summed E-state index contributed by atoms with van der Waals surface area (Å²) < 4.78 is 4.77. The van der Waals surface area contributed by atoms with E-state index >= 15 is 0 Å². The van der Waals surface area contributed by atoms with Crippen LogP contribution in [0.25, 0.3) is 0 Å². The van der Waals surface area contributed by atoms with Crippen LogP contribution in [0.2, 0.25) is 0 Å². The normalized spacial score (nSPS) is 9.27. The van der Waals surface area contributed by atoms with Gasteiger partial charge in [-0.2, -0.15) is 4.98 Å². The Balaban J connectivity index is 0.000001000. The molecule has 4 nitrogen and oxygen atoms in total. The maximum atomic E-state index is 4.77. The average molecular weight is 178 g/mol. The summed E-state index contributed by atoms with van der Waals surface area (Å²) in [5, 5.41) is 6.73. The summed E-state index contributed by atoms with van der Waals surface area (Å²) in [6.45, 7) is 2.68. The van der Waals surface area contributed by atoms with Crippen molar-refractivity contribution < 1.29 is 4.52 Å². The zero-order chi connectivity index (χ0) is 7.40. The number of rotatable bonds is 3. The molecule has 0 saturated carbocycles. The number of hydrogen-bond acceptors (Lipinski definition) is 4. The first-order valence-corrected chi connectivity index (χ1v) is 3.26. The molecule has 0 unspecified atom stereocenters. The Labute approximate surface area is 71.8 Å². The molecule has 1 rings (SSSR count). The lowest BCUT2D eigenvalue weighted by atomic mass is 10.4. The average Bonchev–Trinajstić information content (AvgIpc) is 2.31. The standard InChI is InChI=1S/C6H11N3O.ClH/c1-5-8-6(9-10-5)3-4-7-2;/h7H,3-4H2,1-2H3;1H. The zero-order valence-electron chi connectivity index (χ0n) is 6.63. The van der Waals surface area contributed by atoms with Gasteiger partial charge < -0.3 is 9.84 Å². The summed E-state index contributed by atoms with van der Waals surface area (Å²) in [6.07, 6.45) is 0.827. The Morgan fingerprint density at radius 3 is 2.73 bits per heavy atom. The highest BCUT2D eigenvalue weighted by molar-refractivity contribution is 5.85. The van der Waals surface area contributed by atoms with Gasteiger partial charge in [-0.15, -0.1) is 12.4 Å². The molecule has 0 saturated heterocycles. The Hall–Kier alpha value is -0.610. The van der Waals surface area contributed by atoms with Crippen molar-refractivity contribution in [2.24, 2.45) is 0 Å². The van der Waals surface area contributed by atoms with Gasteiger partial charge in [-0.1, -0.05) is 5.16 Å². The lowest BCUT2D eigenvalue weighted by molar-refractivity contribution is 0.387. The van der Waals surface area contributed by atoms with E-state index in [-0.39, 0.29) is 12.4 Å². The lowest BCUT2D eigenvalue weighted by Crippen LogP contribution is -2.10. The third-order valence-corrected chi connectivity index (χ3v) is 1.17. The van der Waals surface area contributed by atoms with Gasteiger partial charge in [-0.3, -0.25) is 0 Å². The Kier molecular flexibility index (Phi) is 4.81. The largest absolute Gasteiger partial charge is 0.340 e. The van der Waals surface area contributed by atoms with Crippen molar-refractivity contribution in [3.8, 4) is 0 Å². The molecule has 5 heteroatoms. The number of aryl methyl sites for hydroxylation is 1. The fourth-order valence-electron chi connectivity index (χ4n) is 0.680. The first kappa shape index (κ1) is 10.4. The summed E-state index contributed by atoms with van der Waals surface area (Å²) in [5.41, 5.74) is 0. The van der Waals surface area contributed by atoms with E-state index < -0.39 is 0 Å². The molecule has 0 aliphatic carbocycles. The predicted molar refractivity (Wildman–Crippen MR) is 43.9 cm³/mol. The molecule has 0 spiro atoms. The Morgan fingerprint density at radius 1 is 1.55 bits per heavy atom. The van der Waals surface area contributed by atoms with Gasteiger partial charge in [0.05, 0.1) is 0 Å². The van der Waals surface area contributed by atoms with Crippen LogP contribution in [-0.4, -0.2) is 23.7 Å². The minimum atomic E-state index is 0. The van der Waals surface area contributed by atoms with E-state index in [1.165, 1.54) is 0 Å². The summed E-state index contributed by atoms with van der Waals surface area (Å²) in [5.74, 6) is 1.40. The molecule has 0 atom stereocenters. The summed E-state index contributed by atoms with van der Waals surface area (Å²) in [6, 6.07) is 0.